The van der Waals surface area contributed by atoms with E-state index >= 15 is 0 Å². The molecule has 0 saturated heterocycles. The third kappa shape index (κ3) is 2.44. The molecule has 5 heteroatoms. The van der Waals surface area contributed by atoms with Crippen molar-refractivity contribution in [3.63, 3.8) is 0 Å². The van der Waals surface area contributed by atoms with Gasteiger partial charge >= 0.3 is 0 Å². The molecule has 110 valence electrons. The topological polar surface area (TPSA) is 58.9 Å². The largest absolute Gasteiger partial charge is 0.293 e. The summed E-state index contributed by atoms with van der Waals surface area (Å²) in [6, 6.07) is 10.8. The molecule has 1 aliphatic rings. The van der Waals surface area contributed by atoms with Gasteiger partial charge in [-0.25, -0.2) is 0 Å². The lowest BCUT2D eigenvalue weighted by Crippen LogP contribution is -2.23. The molecular formula is C17H14N2O2S. The molecule has 1 aromatic heterocycles. The molecule has 1 heterocycles. The molecule has 0 spiro atoms. The van der Waals surface area contributed by atoms with Crippen LogP contribution in [-0.2, 0) is 0 Å². The predicted octanol–water partition coefficient (Wildman–Crippen LogP) is 3.63. The van der Waals surface area contributed by atoms with Crippen LogP contribution in [0.4, 0.5) is 0 Å². The number of Topliss-reactive ketones (excluding diaryl/α,β-unsaturated/α-hetero) is 2. The molecule has 0 atom stereocenters. The second kappa shape index (κ2) is 5.77. The van der Waals surface area contributed by atoms with Gasteiger partial charge in [0.15, 0.2) is 11.6 Å². The van der Waals surface area contributed by atoms with E-state index in [0.29, 0.717) is 16.8 Å². The number of benzene rings is 1. The zero-order valence-electron chi connectivity index (χ0n) is 12.2. The summed E-state index contributed by atoms with van der Waals surface area (Å²) in [6.45, 7) is 3.53. The van der Waals surface area contributed by atoms with Crippen LogP contribution in [0.3, 0.4) is 0 Å². The molecule has 0 saturated carbocycles. The number of hydrogen-bond acceptors (Lipinski definition) is 5. The second-order valence-corrected chi connectivity index (χ2v) is 6.06. The number of hydrogen-bond donors (Lipinski definition) is 0. The molecule has 2 aromatic rings. The van der Waals surface area contributed by atoms with Crippen molar-refractivity contribution >= 4 is 34.3 Å². The van der Waals surface area contributed by atoms with E-state index in [4.69, 9.17) is 0 Å². The summed E-state index contributed by atoms with van der Waals surface area (Å²) in [5, 5.41) is 10.2. The van der Waals surface area contributed by atoms with Crippen molar-refractivity contribution < 1.29 is 9.59 Å². The molecule has 0 unspecified atom stereocenters. The quantitative estimate of drug-likeness (QED) is 0.494. The van der Waals surface area contributed by atoms with Gasteiger partial charge in [0.1, 0.15) is 5.92 Å². The van der Waals surface area contributed by atoms with Gasteiger partial charge < -0.3 is 0 Å². The Hall–Kier alpha value is -2.40. The highest BCUT2D eigenvalue weighted by Crippen LogP contribution is 2.27. The van der Waals surface area contributed by atoms with Crippen LogP contribution >= 0.6 is 11.3 Å². The molecule has 0 fully saturated rings. The van der Waals surface area contributed by atoms with Crippen LogP contribution in [-0.4, -0.2) is 23.0 Å². The molecule has 0 amide bonds. The molecule has 4 nitrogen and oxygen atoms in total. The Bertz CT molecular complexity index is 769. The van der Waals surface area contributed by atoms with Crippen molar-refractivity contribution in [3.8, 4) is 0 Å². The number of fused-ring (bicyclic) bond motifs is 1. The third-order valence-electron chi connectivity index (χ3n) is 3.64. The minimum atomic E-state index is -0.836. The summed E-state index contributed by atoms with van der Waals surface area (Å²) in [7, 11) is 0. The van der Waals surface area contributed by atoms with Gasteiger partial charge in [-0.1, -0.05) is 30.3 Å². The van der Waals surface area contributed by atoms with E-state index in [1.54, 1.807) is 42.5 Å². The Morgan fingerprint density at radius 2 is 1.59 bits per heavy atom. The standard InChI is InChI=1S/C17H14N2O2S/c1-10(14-8-5-9-22-14)18-19-11(2)15-16(20)12-6-3-4-7-13(12)17(15)21/h3-9,15H,1-2H3/b18-10-,19-11+. The monoisotopic (exact) mass is 310 g/mol. The van der Waals surface area contributed by atoms with E-state index in [1.165, 1.54) is 0 Å². The molecule has 1 aromatic carbocycles. The van der Waals surface area contributed by atoms with Crippen molar-refractivity contribution in [3.05, 3.63) is 57.8 Å². The fourth-order valence-electron chi connectivity index (χ4n) is 2.47. The van der Waals surface area contributed by atoms with Crippen molar-refractivity contribution in [2.24, 2.45) is 16.1 Å². The van der Waals surface area contributed by atoms with Gasteiger partial charge in [-0.3, -0.25) is 9.59 Å². The second-order valence-electron chi connectivity index (χ2n) is 5.11. The lowest BCUT2D eigenvalue weighted by Gasteiger charge is -2.04. The number of carbonyl (C=O) groups is 2. The van der Waals surface area contributed by atoms with E-state index in [0.717, 1.165) is 10.6 Å². The summed E-state index contributed by atoms with van der Waals surface area (Å²) < 4.78 is 0. The zero-order valence-corrected chi connectivity index (χ0v) is 13.1. The van der Waals surface area contributed by atoms with E-state index < -0.39 is 5.92 Å². The number of rotatable bonds is 3. The summed E-state index contributed by atoms with van der Waals surface area (Å²) in [4.78, 5) is 25.8. The zero-order chi connectivity index (χ0) is 15.7. The lowest BCUT2D eigenvalue weighted by molar-refractivity contribution is 0.0883. The number of ketones is 2. The maximum absolute atomic E-state index is 12.4. The molecule has 0 N–H and O–H groups in total. The minimum absolute atomic E-state index is 0.189. The summed E-state index contributed by atoms with van der Waals surface area (Å²) in [5.41, 5.74) is 2.16. The van der Waals surface area contributed by atoms with Gasteiger partial charge in [0.25, 0.3) is 0 Å². The van der Waals surface area contributed by atoms with Crippen LogP contribution in [0, 0.1) is 5.92 Å². The molecular weight excluding hydrogens is 296 g/mol. The van der Waals surface area contributed by atoms with Crippen molar-refractivity contribution in [2.75, 3.05) is 0 Å². The lowest BCUT2D eigenvalue weighted by atomic mass is 9.99. The maximum Gasteiger partial charge on any atom is 0.180 e. The molecule has 0 aliphatic heterocycles. The van der Waals surface area contributed by atoms with Gasteiger partial charge in [-0.2, -0.15) is 10.2 Å². The highest BCUT2D eigenvalue weighted by molar-refractivity contribution is 7.12. The number of thiophene rings is 1. The van der Waals surface area contributed by atoms with Crippen molar-refractivity contribution in [2.45, 2.75) is 13.8 Å². The Morgan fingerprint density at radius 1 is 0.955 bits per heavy atom. The summed E-state index contributed by atoms with van der Waals surface area (Å²) in [6.07, 6.45) is 0. The van der Waals surface area contributed by atoms with Crippen LogP contribution in [0.5, 0.6) is 0 Å². The molecule has 3 rings (SSSR count). The SMILES string of the molecule is C/C(=N/N=C(\C)C1C(=O)c2ccccc2C1=O)c1cccs1. The first-order valence-corrected chi connectivity index (χ1v) is 7.77. The van der Waals surface area contributed by atoms with Crippen LogP contribution in [0.15, 0.2) is 52.0 Å². The maximum atomic E-state index is 12.4. The highest BCUT2D eigenvalue weighted by Gasteiger charge is 2.40. The fraction of sp³-hybridized carbons (Fsp3) is 0.176. The van der Waals surface area contributed by atoms with E-state index in [1.807, 2.05) is 24.4 Å². The van der Waals surface area contributed by atoms with Gasteiger partial charge in [-0.05, 0) is 25.3 Å². The molecule has 22 heavy (non-hydrogen) atoms. The molecule has 0 radical (unpaired) electrons. The first kappa shape index (κ1) is 14.5. The first-order valence-electron chi connectivity index (χ1n) is 6.89. The Balaban J connectivity index is 1.89. The highest BCUT2D eigenvalue weighted by atomic mass is 32.1. The van der Waals surface area contributed by atoms with E-state index in [2.05, 4.69) is 10.2 Å². The summed E-state index contributed by atoms with van der Waals surface area (Å²) in [5.74, 6) is -1.21. The Morgan fingerprint density at radius 3 is 2.14 bits per heavy atom. The van der Waals surface area contributed by atoms with Gasteiger partial charge in [0.2, 0.25) is 0 Å². The van der Waals surface area contributed by atoms with E-state index in [9.17, 15) is 9.59 Å². The smallest absolute Gasteiger partial charge is 0.180 e. The average Bonchev–Trinajstić information content (AvgIpc) is 3.14. The van der Waals surface area contributed by atoms with Crippen molar-refractivity contribution in [1.82, 2.24) is 0 Å². The fourth-order valence-corrected chi connectivity index (χ4v) is 3.14. The van der Waals surface area contributed by atoms with Crippen LogP contribution in [0.1, 0.15) is 39.4 Å². The van der Waals surface area contributed by atoms with Gasteiger partial charge in [0.05, 0.1) is 16.3 Å². The average molecular weight is 310 g/mol. The predicted molar refractivity (Wildman–Crippen MR) is 88.2 cm³/mol. The van der Waals surface area contributed by atoms with Gasteiger partial charge in [0, 0.05) is 11.1 Å². The Kier molecular flexibility index (Phi) is 3.81. The van der Waals surface area contributed by atoms with Crippen LogP contribution < -0.4 is 0 Å². The normalized spacial score (nSPS) is 16.3. The first-order chi connectivity index (χ1) is 10.6. The molecule has 0 bridgehead atoms. The number of nitrogens with zero attached hydrogens (tertiary/aromatic N) is 2. The van der Waals surface area contributed by atoms with Crippen LogP contribution in [0.2, 0.25) is 0 Å². The molecule has 1 aliphatic carbocycles. The number of carbonyl (C=O) groups excluding carboxylic acids is 2. The summed E-state index contributed by atoms with van der Waals surface area (Å²) >= 11 is 1.57. The van der Waals surface area contributed by atoms with E-state index in [-0.39, 0.29) is 11.6 Å². The third-order valence-corrected chi connectivity index (χ3v) is 4.61. The minimum Gasteiger partial charge on any atom is -0.293 e. The Labute approximate surface area is 132 Å². The van der Waals surface area contributed by atoms with Crippen LogP contribution in [0.25, 0.3) is 0 Å². The van der Waals surface area contributed by atoms with Gasteiger partial charge in [-0.15, -0.1) is 11.3 Å². The van der Waals surface area contributed by atoms with Crippen molar-refractivity contribution in [1.29, 1.82) is 0 Å².